The number of anilines is 2. The van der Waals surface area contributed by atoms with E-state index in [0.717, 1.165) is 49.1 Å². The maximum absolute atomic E-state index is 12.4. The number of amides is 1. The molecule has 156 valence electrons. The Hall–Kier alpha value is -2.99. The van der Waals surface area contributed by atoms with Crippen LogP contribution in [0, 0.1) is 5.92 Å². The van der Waals surface area contributed by atoms with Crippen molar-refractivity contribution in [2.24, 2.45) is 5.92 Å². The molecule has 0 bridgehead atoms. The summed E-state index contributed by atoms with van der Waals surface area (Å²) in [5.74, 6) is 2.24. The van der Waals surface area contributed by atoms with E-state index in [1.165, 1.54) is 25.1 Å². The van der Waals surface area contributed by atoms with Crippen molar-refractivity contribution in [2.75, 3.05) is 49.7 Å². The van der Waals surface area contributed by atoms with Crippen LogP contribution in [0.5, 0.6) is 11.5 Å². The zero-order chi connectivity index (χ0) is 20.3. The molecule has 1 saturated heterocycles. The van der Waals surface area contributed by atoms with Crippen molar-refractivity contribution in [3.8, 4) is 11.5 Å². The second kappa shape index (κ2) is 8.40. The number of ether oxygens (including phenoxy) is 2. The van der Waals surface area contributed by atoms with Crippen molar-refractivity contribution >= 4 is 23.4 Å². The SMILES string of the molecule is O=C(/C=C/c1ccc2c(c1)OCO2)Nc1cccc(N2CCN(CC3CC3)CC2)c1. The number of fused-ring (bicyclic) bond motifs is 1. The van der Waals surface area contributed by atoms with Gasteiger partial charge in [0, 0.05) is 50.2 Å². The summed E-state index contributed by atoms with van der Waals surface area (Å²) >= 11 is 0. The van der Waals surface area contributed by atoms with Crippen LogP contribution in [-0.2, 0) is 4.79 Å². The van der Waals surface area contributed by atoms with Gasteiger partial charge < -0.3 is 19.7 Å². The summed E-state index contributed by atoms with van der Waals surface area (Å²) < 4.78 is 10.7. The molecule has 0 atom stereocenters. The van der Waals surface area contributed by atoms with Gasteiger partial charge in [-0.15, -0.1) is 0 Å². The molecule has 1 amide bonds. The van der Waals surface area contributed by atoms with Crippen LogP contribution in [0.15, 0.2) is 48.5 Å². The van der Waals surface area contributed by atoms with Gasteiger partial charge in [-0.3, -0.25) is 9.69 Å². The molecule has 6 heteroatoms. The largest absolute Gasteiger partial charge is 0.454 e. The van der Waals surface area contributed by atoms with Crippen molar-refractivity contribution < 1.29 is 14.3 Å². The van der Waals surface area contributed by atoms with Gasteiger partial charge in [-0.1, -0.05) is 12.1 Å². The highest BCUT2D eigenvalue weighted by Crippen LogP contribution is 2.33. The van der Waals surface area contributed by atoms with Gasteiger partial charge in [-0.25, -0.2) is 0 Å². The number of piperazine rings is 1. The highest BCUT2D eigenvalue weighted by molar-refractivity contribution is 6.02. The fraction of sp³-hybridized carbons (Fsp3) is 0.375. The molecule has 0 unspecified atom stereocenters. The van der Waals surface area contributed by atoms with Gasteiger partial charge in [0.2, 0.25) is 12.7 Å². The highest BCUT2D eigenvalue weighted by Gasteiger charge is 2.26. The first-order valence-corrected chi connectivity index (χ1v) is 10.7. The molecular weight excluding hydrogens is 378 g/mol. The number of nitrogens with zero attached hydrogens (tertiary/aromatic N) is 2. The fourth-order valence-electron chi connectivity index (χ4n) is 4.01. The number of nitrogens with one attached hydrogen (secondary N) is 1. The molecule has 6 nitrogen and oxygen atoms in total. The monoisotopic (exact) mass is 405 g/mol. The van der Waals surface area contributed by atoms with E-state index in [9.17, 15) is 4.79 Å². The van der Waals surface area contributed by atoms with E-state index in [1.54, 1.807) is 12.2 Å². The van der Waals surface area contributed by atoms with Gasteiger partial charge in [0.15, 0.2) is 11.5 Å². The van der Waals surface area contributed by atoms with Crippen LogP contribution in [0.3, 0.4) is 0 Å². The molecule has 3 aliphatic rings. The molecule has 5 rings (SSSR count). The minimum atomic E-state index is -0.154. The summed E-state index contributed by atoms with van der Waals surface area (Å²) in [7, 11) is 0. The molecule has 1 N–H and O–H groups in total. The van der Waals surface area contributed by atoms with Crippen molar-refractivity contribution in [1.29, 1.82) is 0 Å². The molecule has 2 aromatic rings. The van der Waals surface area contributed by atoms with E-state index in [4.69, 9.17) is 9.47 Å². The normalized spacial score (nSPS) is 18.7. The highest BCUT2D eigenvalue weighted by atomic mass is 16.7. The maximum atomic E-state index is 12.4. The van der Waals surface area contributed by atoms with Crippen LogP contribution in [-0.4, -0.2) is 50.3 Å². The average molecular weight is 405 g/mol. The van der Waals surface area contributed by atoms with Gasteiger partial charge in [-0.2, -0.15) is 0 Å². The molecule has 2 aromatic carbocycles. The lowest BCUT2D eigenvalue weighted by Crippen LogP contribution is -2.47. The van der Waals surface area contributed by atoms with E-state index in [1.807, 2.05) is 30.3 Å². The second-order valence-electron chi connectivity index (χ2n) is 8.22. The Kier molecular flexibility index (Phi) is 5.32. The van der Waals surface area contributed by atoms with Gasteiger partial charge >= 0.3 is 0 Å². The Morgan fingerprint density at radius 2 is 1.87 bits per heavy atom. The third-order valence-electron chi connectivity index (χ3n) is 5.89. The lowest BCUT2D eigenvalue weighted by atomic mass is 10.2. The zero-order valence-corrected chi connectivity index (χ0v) is 17.0. The summed E-state index contributed by atoms with van der Waals surface area (Å²) in [6.07, 6.45) is 6.14. The zero-order valence-electron chi connectivity index (χ0n) is 17.0. The van der Waals surface area contributed by atoms with Gasteiger partial charge in [0.05, 0.1) is 0 Å². The van der Waals surface area contributed by atoms with E-state index in [0.29, 0.717) is 5.75 Å². The quantitative estimate of drug-likeness (QED) is 0.745. The average Bonchev–Trinajstić information content (AvgIpc) is 3.46. The number of hydrogen-bond donors (Lipinski definition) is 1. The summed E-state index contributed by atoms with van der Waals surface area (Å²) in [5, 5.41) is 2.97. The topological polar surface area (TPSA) is 54.0 Å². The molecular formula is C24H27N3O3. The molecule has 0 radical (unpaired) electrons. The summed E-state index contributed by atoms with van der Waals surface area (Å²) in [4.78, 5) is 17.4. The first-order chi connectivity index (χ1) is 14.7. The van der Waals surface area contributed by atoms with Crippen molar-refractivity contribution in [2.45, 2.75) is 12.8 Å². The van der Waals surface area contributed by atoms with E-state index >= 15 is 0 Å². The van der Waals surface area contributed by atoms with Crippen molar-refractivity contribution in [1.82, 2.24) is 4.90 Å². The van der Waals surface area contributed by atoms with Crippen LogP contribution in [0.25, 0.3) is 6.08 Å². The van der Waals surface area contributed by atoms with Gasteiger partial charge in [0.1, 0.15) is 0 Å². The molecule has 0 spiro atoms. The second-order valence-corrected chi connectivity index (χ2v) is 8.22. The fourth-order valence-corrected chi connectivity index (χ4v) is 4.01. The van der Waals surface area contributed by atoms with E-state index in [2.05, 4.69) is 27.2 Å². The Morgan fingerprint density at radius 3 is 2.70 bits per heavy atom. The van der Waals surface area contributed by atoms with Crippen molar-refractivity contribution in [3.05, 3.63) is 54.1 Å². The van der Waals surface area contributed by atoms with Crippen LogP contribution in [0.4, 0.5) is 11.4 Å². The van der Waals surface area contributed by atoms with Crippen LogP contribution in [0.2, 0.25) is 0 Å². The Bertz CT molecular complexity index is 946. The Balaban J connectivity index is 1.17. The van der Waals surface area contributed by atoms with Gasteiger partial charge in [-0.05, 0) is 60.7 Å². The predicted molar refractivity (Wildman–Crippen MR) is 118 cm³/mol. The lowest BCUT2D eigenvalue weighted by Gasteiger charge is -2.36. The number of benzene rings is 2. The standard InChI is InChI=1S/C24H27N3O3/c28-24(9-7-18-6-8-22-23(14-18)30-17-29-22)25-20-2-1-3-21(15-20)27-12-10-26(11-13-27)16-19-4-5-19/h1-3,6-9,14-15,19H,4-5,10-13,16-17H2,(H,25,28)/b9-7+. The molecule has 2 fully saturated rings. The summed E-state index contributed by atoms with van der Waals surface area (Å²) in [6, 6.07) is 13.7. The Morgan fingerprint density at radius 1 is 1.03 bits per heavy atom. The minimum Gasteiger partial charge on any atom is -0.454 e. The van der Waals surface area contributed by atoms with Crippen LogP contribution < -0.4 is 19.7 Å². The van der Waals surface area contributed by atoms with Gasteiger partial charge in [0.25, 0.3) is 0 Å². The van der Waals surface area contributed by atoms with Crippen LogP contribution >= 0.6 is 0 Å². The van der Waals surface area contributed by atoms with Crippen molar-refractivity contribution in [3.63, 3.8) is 0 Å². The molecule has 1 saturated carbocycles. The maximum Gasteiger partial charge on any atom is 0.248 e. The van der Waals surface area contributed by atoms with Crippen LogP contribution in [0.1, 0.15) is 18.4 Å². The first-order valence-electron chi connectivity index (χ1n) is 10.7. The molecule has 2 heterocycles. The summed E-state index contributed by atoms with van der Waals surface area (Å²) in [5.41, 5.74) is 2.87. The molecule has 1 aliphatic carbocycles. The molecule has 30 heavy (non-hydrogen) atoms. The predicted octanol–water partition coefficient (Wildman–Crippen LogP) is 3.60. The molecule has 0 aromatic heterocycles. The smallest absolute Gasteiger partial charge is 0.248 e. The lowest BCUT2D eigenvalue weighted by molar-refractivity contribution is -0.111. The number of carbonyl (C=O) groups is 1. The first kappa shape index (κ1) is 19.0. The third-order valence-corrected chi connectivity index (χ3v) is 5.89. The number of carbonyl (C=O) groups excluding carboxylic acids is 1. The van der Waals surface area contributed by atoms with E-state index < -0.39 is 0 Å². The number of rotatable bonds is 6. The number of hydrogen-bond acceptors (Lipinski definition) is 5. The third kappa shape index (κ3) is 4.60. The summed E-state index contributed by atoms with van der Waals surface area (Å²) in [6.45, 7) is 5.81. The van der Waals surface area contributed by atoms with E-state index in [-0.39, 0.29) is 12.7 Å². The molecule has 2 aliphatic heterocycles. The Labute approximate surface area is 177 Å². The minimum absolute atomic E-state index is 0.154.